The largest absolute Gasteiger partial charge is 0.311 e. The first-order valence-corrected chi connectivity index (χ1v) is 4.25. The minimum atomic E-state index is -0.437. The Morgan fingerprint density at radius 2 is 2.43 bits per heavy atom. The second-order valence-electron chi connectivity index (χ2n) is 3.49. The summed E-state index contributed by atoms with van der Waals surface area (Å²) < 4.78 is 1.50. The van der Waals surface area contributed by atoms with Crippen molar-refractivity contribution in [3.63, 3.8) is 0 Å². The van der Waals surface area contributed by atoms with Crippen molar-refractivity contribution in [3.05, 3.63) is 22.0 Å². The smallest absolute Gasteiger partial charge is 0.264 e. The number of nitrogens with zero attached hydrogens (tertiary/aromatic N) is 3. The van der Waals surface area contributed by atoms with Crippen LogP contribution >= 0.6 is 0 Å². The Bertz CT molecular complexity index is 437. The average Bonchev–Trinajstić information content (AvgIpc) is 2.84. The summed E-state index contributed by atoms with van der Waals surface area (Å²) in [4.78, 5) is 10.3. The van der Waals surface area contributed by atoms with Crippen molar-refractivity contribution < 1.29 is 4.92 Å². The molecule has 0 aromatic carbocycles. The summed E-state index contributed by atoms with van der Waals surface area (Å²) in [5, 5.41) is 14.6. The molecule has 0 N–H and O–H groups in total. The van der Waals surface area contributed by atoms with E-state index in [2.05, 4.69) is 11.0 Å². The summed E-state index contributed by atoms with van der Waals surface area (Å²) in [5.41, 5.74) is 0.154. The van der Waals surface area contributed by atoms with E-state index < -0.39 is 10.3 Å². The molecule has 1 aliphatic carbocycles. The molecule has 5 heteroatoms. The van der Waals surface area contributed by atoms with E-state index in [-0.39, 0.29) is 5.69 Å². The van der Waals surface area contributed by atoms with Crippen molar-refractivity contribution in [3.8, 4) is 12.3 Å². The second-order valence-corrected chi connectivity index (χ2v) is 3.49. The third kappa shape index (κ3) is 1.01. The van der Waals surface area contributed by atoms with Crippen molar-refractivity contribution >= 4 is 5.69 Å². The third-order valence-electron chi connectivity index (χ3n) is 2.60. The van der Waals surface area contributed by atoms with Crippen molar-refractivity contribution in [1.29, 1.82) is 0 Å². The number of aryl methyl sites for hydroxylation is 1. The van der Waals surface area contributed by atoms with Crippen molar-refractivity contribution in [1.82, 2.24) is 9.78 Å². The fraction of sp³-hybridized carbons (Fsp3) is 0.444. The molecule has 1 aromatic rings. The summed E-state index contributed by atoms with van der Waals surface area (Å²) in [6, 6.07) is 0. The van der Waals surface area contributed by atoms with Gasteiger partial charge < -0.3 is 0 Å². The fourth-order valence-electron chi connectivity index (χ4n) is 1.69. The predicted octanol–water partition coefficient (Wildman–Crippen LogP) is 0.993. The molecule has 0 spiro atoms. The summed E-state index contributed by atoms with van der Waals surface area (Å²) in [6.07, 6.45) is 8.26. The lowest BCUT2D eigenvalue weighted by molar-refractivity contribution is -0.385. The summed E-state index contributed by atoms with van der Waals surface area (Å²) >= 11 is 0. The number of hydrogen-bond donors (Lipinski definition) is 0. The van der Waals surface area contributed by atoms with Gasteiger partial charge in [-0.05, 0) is 12.8 Å². The molecule has 0 unspecified atom stereocenters. The predicted molar refractivity (Wildman–Crippen MR) is 49.6 cm³/mol. The van der Waals surface area contributed by atoms with E-state index in [1.54, 1.807) is 7.05 Å². The van der Waals surface area contributed by atoms with Crippen LogP contribution in [0.5, 0.6) is 0 Å². The zero-order chi connectivity index (χ0) is 10.3. The topological polar surface area (TPSA) is 61.0 Å². The van der Waals surface area contributed by atoms with Gasteiger partial charge in [-0.2, -0.15) is 5.10 Å². The van der Waals surface area contributed by atoms with E-state index >= 15 is 0 Å². The van der Waals surface area contributed by atoms with E-state index in [9.17, 15) is 10.1 Å². The Kier molecular flexibility index (Phi) is 1.61. The second kappa shape index (κ2) is 2.58. The van der Waals surface area contributed by atoms with Crippen LogP contribution in [0.25, 0.3) is 0 Å². The highest BCUT2D eigenvalue weighted by Crippen LogP contribution is 2.50. The fourth-order valence-corrected chi connectivity index (χ4v) is 1.69. The molecule has 0 bridgehead atoms. The molecule has 14 heavy (non-hydrogen) atoms. The molecule has 0 aliphatic heterocycles. The van der Waals surface area contributed by atoms with E-state index in [0.717, 1.165) is 12.8 Å². The lowest BCUT2D eigenvalue weighted by atomic mass is 10.0. The number of rotatable bonds is 2. The van der Waals surface area contributed by atoms with Gasteiger partial charge in [0.05, 0.1) is 10.3 Å². The van der Waals surface area contributed by atoms with Gasteiger partial charge in [0.1, 0.15) is 11.9 Å². The van der Waals surface area contributed by atoms with E-state index in [4.69, 9.17) is 6.42 Å². The maximum absolute atomic E-state index is 10.7. The minimum Gasteiger partial charge on any atom is -0.264 e. The van der Waals surface area contributed by atoms with Gasteiger partial charge in [0, 0.05) is 7.05 Å². The molecule has 0 amide bonds. The zero-order valence-corrected chi connectivity index (χ0v) is 7.73. The lowest BCUT2D eigenvalue weighted by Gasteiger charge is -2.06. The Hall–Kier alpha value is -1.83. The van der Waals surface area contributed by atoms with Gasteiger partial charge >= 0.3 is 5.69 Å². The van der Waals surface area contributed by atoms with Gasteiger partial charge in [-0.15, -0.1) is 6.42 Å². The molecule has 1 saturated carbocycles. The van der Waals surface area contributed by atoms with Crippen molar-refractivity contribution in [2.75, 3.05) is 0 Å². The molecule has 72 valence electrons. The molecular formula is C9H9N3O2. The Labute approximate surface area is 80.9 Å². The maximum atomic E-state index is 10.7. The van der Waals surface area contributed by atoms with Crippen LogP contribution in [0, 0.1) is 22.5 Å². The summed E-state index contributed by atoms with van der Waals surface area (Å²) in [7, 11) is 1.68. The van der Waals surface area contributed by atoms with E-state index in [1.165, 1.54) is 10.9 Å². The SMILES string of the molecule is C#CC1(c2c([N+](=O)[O-])cnn2C)CC1. The first-order valence-electron chi connectivity index (χ1n) is 4.25. The third-order valence-corrected chi connectivity index (χ3v) is 2.60. The Morgan fingerprint density at radius 1 is 1.79 bits per heavy atom. The van der Waals surface area contributed by atoms with Crippen molar-refractivity contribution in [2.24, 2.45) is 7.05 Å². The standard InChI is InChI=1S/C9H9N3O2/c1-3-9(4-5-9)8-7(12(13)14)6-10-11(8)2/h1,6H,4-5H2,2H3. The first-order chi connectivity index (χ1) is 6.60. The molecule has 2 rings (SSSR count). The summed E-state index contributed by atoms with van der Waals surface area (Å²) in [5.74, 6) is 2.63. The molecule has 1 heterocycles. The lowest BCUT2D eigenvalue weighted by Crippen LogP contribution is -2.12. The molecule has 0 radical (unpaired) electrons. The molecule has 1 fully saturated rings. The van der Waals surface area contributed by atoms with Crippen LogP contribution in [0.3, 0.4) is 0 Å². The Morgan fingerprint density at radius 3 is 2.86 bits per heavy atom. The molecule has 1 aliphatic rings. The maximum Gasteiger partial charge on any atom is 0.311 e. The number of nitro groups is 1. The molecule has 0 atom stereocenters. The van der Waals surface area contributed by atoms with Crippen LogP contribution in [-0.2, 0) is 12.5 Å². The van der Waals surface area contributed by atoms with Gasteiger partial charge in [0.15, 0.2) is 0 Å². The summed E-state index contributed by atoms with van der Waals surface area (Å²) in [6.45, 7) is 0. The van der Waals surface area contributed by atoms with Crippen molar-refractivity contribution in [2.45, 2.75) is 18.3 Å². The van der Waals surface area contributed by atoms with Crippen LogP contribution in [-0.4, -0.2) is 14.7 Å². The van der Waals surface area contributed by atoms with Gasteiger partial charge in [0.2, 0.25) is 0 Å². The van der Waals surface area contributed by atoms with Crippen LogP contribution < -0.4 is 0 Å². The van der Waals surface area contributed by atoms with Gasteiger partial charge in [-0.25, -0.2) is 0 Å². The Balaban J connectivity index is 2.57. The minimum absolute atomic E-state index is 0.0305. The zero-order valence-electron chi connectivity index (χ0n) is 7.73. The number of aromatic nitrogens is 2. The molecule has 5 nitrogen and oxygen atoms in total. The normalized spacial score (nSPS) is 17.4. The number of hydrogen-bond acceptors (Lipinski definition) is 3. The monoisotopic (exact) mass is 191 g/mol. The van der Waals surface area contributed by atoms with Crippen LogP contribution in [0.4, 0.5) is 5.69 Å². The molecular weight excluding hydrogens is 182 g/mol. The molecule has 1 aromatic heterocycles. The molecule has 0 saturated heterocycles. The highest BCUT2D eigenvalue weighted by atomic mass is 16.6. The highest BCUT2D eigenvalue weighted by Gasteiger charge is 2.49. The van der Waals surface area contributed by atoms with Crippen LogP contribution in [0.1, 0.15) is 18.5 Å². The van der Waals surface area contributed by atoms with Gasteiger partial charge in [-0.3, -0.25) is 14.8 Å². The highest BCUT2D eigenvalue weighted by molar-refractivity contribution is 5.48. The average molecular weight is 191 g/mol. The first kappa shape index (κ1) is 8.75. The van der Waals surface area contributed by atoms with Crippen LogP contribution in [0.15, 0.2) is 6.20 Å². The van der Waals surface area contributed by atoms with Gasteiger partial charge in [-0.1, -0.05) is 5.92 Å². The number of terminal acetylenes is 1. The van der Waals surface area contributed by atoms with E-state index in [0.29, 0.717) is 5.69 Å². The van der Waals surface area contributed by atoms with Gasteiger partial charge in [0.25, 0.3) is 0 Å². The quantitative estimate of drug-likeness (QED) is 0.398. The van der Waals surface area contributed by atoms with Crippen LogP contribution in [0.2, 0.25) is 0 Å². The van der Waals surface area contributed by atoms with E-state index in [1.807, 2.05) is 0 Å².